The van der Waals surface area contributed by atoms with Gasteiger partial charge in [-0.1, -0.05) is 13.3 Å². The lowest BCUT2D eigenvalue weighted by Crippen LogP contribution is -2.37. The predicted molar refractivity (Wildman–Crippen MR) is 49.7 cm³/mol. The van der Waals surface area contributed by atoms with Gasteiger partial charge in [0.25, 0.3) is 0 Å². The van der Waals surface area contributed by atoms with Gasteiger partial charge in [0.15, 0.2) is 0 Å². The van der Waals surface area contributed by atoms with Crippen molar-refractivity contribution in [1.82, 2.24) is 4.90 Å². The highest BCUT2D eigenvalue weighted by Gasteiger charge is 2.22. The van der Waals surface area contributed by atoms with Crippen LogP contribution in [0.3, 0.4) is 0 Å². The third kappa shape index (κ3) is 2.22. The lowest BCUT2D eigenvalue weighted by atomic mass is 9.85. The molecule has 68 valence electrons. The summed E-state index contributed by atoms with van der Waals surface area (Å²) < 4.78 is 0. The van der Waals surface area contributed by atoms with E-state index in [1.165, 1.54) is 19.3 Å². The first-order valence-corrected chi connectivity index (χ1v) is 4.91. The SMILES string of the molecule is CCN(CC1CCC1)C(C)C#N. The van der Waals surface area contributed by atoms with Crippen LogP contribution >= 0.6 is 0 Å². The second-order valence-corrected chi connectivity index (χ2v) is 3.69. The van der Waals surface area contributed by atoms with Crippen molar-refractivity contribution in [2.24, 2.45) is 5.92 Å². The number of nitriles is 1. The molecule has 0 aliphatic heterocycles. The van der Waals surface area contributed by atoms with E-state index in [2.05, 4.69) is 17.9 Å². The van der Waals surface area contributed by atoms with Crippen molar-refractivity contribution in [3.05, 3.63) is 0 Å². The van der Waals surface area contributed by atoms with E-state index >= 15 is 0 Å². The highest BCUT2D eigenvalue weighted by molar-refractivity contribution is 4.89. The molecule has 2 nitrogen and oxygen atoms in total. The Morgan fingerprint density at radius 2 is 2.25 bits per heavy atom. The van der Waals surface area contributed by atoms with Gasteiger partial charge in [-0.3, -0.25) is 4.90 Å². The van der Waals surface area contributed by atoms with Gasteiger partial charge in [0.05, 0.1) is 12.1 Å². The van der Waals surface area contributed by atoms with Crippen LogP contribution in [0.25, 0.3) is 0 Å². The summed E-state index contributed by atoms with van der Waals surface area (Å²) in [5, 5.41) is 8.75. The highest BCUT2D eigenvalue weighted by Crippen LogP contribution is 2.27. The average Bonchev–Trinajstić information content (AvgIpc) is 2.02. The summed E-state index contributed by atoms with van der Waals surface area (Å²) in [6.07, 6.45) is 4.13. The van der Waals surface area contributed by atoms with Crippen LogP contribution in [0.2, 0.25) is 0 Å². The van der Waals surface area contributed by atoms with E-state index in [1.807, 2.05) is 6.92 Å². The fraction of sp³-hybridized carbons (Fsp3) is 0.900. The fourth-order valence-corrected chi connectivity index (χ4v) is 1.65. The molecule has 0 aromatic carbocycles. The zero-order chi connectivity index (χ0) is 8.97. The van der Waals surface area contributed by atoms with Gasteiger partial charge < -0.3 is 0 Å². The molecule has 1 aliphatic rings. The summed E-state index contributed by atoms with van der Waals surface area (Å²) in [6.45, 7) is 6.26. The second kappa shape index (κ2) is 4.47. The molecular formula is C10H18N2. The van der Waals surface area contributed by atoms with Crippen LogP contribution in [0, 0.1) is 17.2 Å². The standard InChI is InChI=1S/C10H18N2/c1-3-12(9(2)7-11)8-10-5-4-6-10/h9-10H,3-6,8H2,1-2H3. The van der Waals surface area contributed by atoms with Crippen molar-refractivity contribution in [3.63, 3.8) is 0 Å². The van der Waals surface area contributed by atoms with Gasteiger partial charge in [0.1, 0.15) is 0 Å². The van der Waals surface area contributed by atoms with Crippen LogP contribution in [-0.2, 0) is 0 Å². The molecule has 0 amide bonds. The van der Waals surface area contributed by atoms with Crippen molar-refractivity contribution in [3.8, 4) is 6.07 Å². The van der Waals surface area contributed by atoms with E-state index in [9.17, 15) is 0 Å². The monoisotopic (exact) mass is 166 g/mol. The van der Waals surface area contributed by atoms with Gasteiger partial charge in [-0.05, 0) is 32.2 Å². The molecule has 1 atom stereocenters. The molecule has 0 aromatic rings. The minimum atomic E-state index is 0.0931. The molecule has 12 heavy (non-hydrogen) atoms. The third-order valence-electron chi connectivity index (χ3n) is 2.86. The van der Waals surface area contributed by atoms with Gasteiger partial charge in [-0.15, -0.1) is 0 Å². The van der Waals surface area contributed by atoms with Crippen molar-refractivity contribution in [2.45, 2.75) is 39.2 Å². The lowest BCUT2D eigenvalue weighted by Gasteiger charge is -2.32. The molecule has 1 unspecified atom stereocenters. The van der Waals surface area contributed by atoms with Gasteiger partial charge in [-0.2, -0.15) is 5.26 Å². The highest BCUT2D eigenvalue weighted by atomic mass is 15.1. The fourth-order valence-electron chi connectivity index (χ4n) is 1.65. The first-order valence-electron chi connectivity index (χ1n) is 4.91. The van der Waals surface area contributed by atoms with Crippen LogP contribution in [-0.4, -0.2) is 24.0 Å². The number of rotatable bonds is 4. The zero-order valence-corrected chi connectivity index (χ0v) is 8.08. The average molecular weight is 166 g/mol. The van der Waals surface area contributed by atoms with Crippen molar-refractivity contribution < 1.29 is 0 Å². The lowest BCUT2D eigenvalue weighted by molar-refractivity contribution is 0.168. The summed E-state index contributed by atoms with van der Waals surface area (Å²) in [4.78, 5) is 2.27. The largest absolute Gasteiger partial charge is 0.288 e. The minimum Gasteiger partial charge on any atom is -0.288 e. The molecule has 0 bridgehead atoms. The molecule has 1 rings (SSSR count). The van der Waals surface area contributed by atoms with Gasteiger partial charge in [0.2, 0.25) is 0 Å². The van der Waals surface area contributed by atoms with Crippen molar-refractivity contribution in [2.75, 3.05) is 13.1 Å². The van der Waals surface area contributed by atoms with E-state index in [0.717, 1.165) is 19.0 Å². The summed E-state index contributed by atoms with van der Waals surface area (Å²) in [5.41, 5.74) is 0. The first kappa shape index (κ1) is 9.54. The molecule has 0 aromatic heterocycles. The Labute approximate surface area is 75.2 Å². The van der Waals surface area contributed by atoms with Gasteiger partial charge in [-0.25, -0.2) is 0 Å². The topological polar surface area (TPSA) is 27.0 Å². The molecule has 0 radical (unpaired) electrons. The molecule has 1 saturated carbocycles. The molecule has 0 heterocycles. The number of hydrogen-bond acceptors (Lipinski definition) is 2. The molecule has 1 aliphatic carbocycles. The smallest absolute Gasteiger partial charge is 0.0949 e. The Balaban J connectivity index is 2.29. The maximum absolute atomic E-state index is 8.75. The van der Waals surface area contributed by atoms with E-state index in [1.54, 1.807) is 0 Å². The molecule has 0 saturated heterocycles. The van der Waals surface area contributed by atoms with Crippen molar-refractivity contribution in [1.29, 1.82) is 5.26 Å². The third-order valence-corrected chi connectivity index (χ3v) is 2.86. The summed E-state index contributed by atoms with van der Waals surface area (Å²) in [5.74, 6) is 0.876. The van der Waals surface area contributed by atoms with E-state index in [0.29, 0.717) is 0 Å². The van der Waals surface area contributed by atoms with Gasteiger partial charge in [0, 0.05) is 6.54 Å². The van der Waals surface area contributed by atoms with E-state index in [4.69, 9.17) is 5.26 Å². The predicted octanol–water partition coefficient (Wildman–Crippen LogP) is 2.02. The first-order chi connectivity index (χ1) is 5.77. The molecule has 2 heteroatoms. The molecule has 1 fully saturated rings. The zero-order valence-electron chi connectivity index (χ0n) is 8.08. The summed E-state index contributed by atoms with van der Waals surface area (Å²) >= 11 is 0. The second-order valence-electron chi connectivity index (χ2n) is 3.69. The summed E-state index contributed by atoms with van der Waals surface area (Å²) in [7, 11) is 0. The maximum Gasteiger partial charge on any atom is 0.0949 e. The van der Waals surface area contributed by atoms with Crippen LogP contribution in [0.4, 0.5) is 0 Å². The summed E-state index contributed by atoms with van der Waals surface area (Å²) in [6, 6.07) is 2.39. The van der Waals surface area contributed by atoms with Crippen molar-refractivity contribution >= 4 is 0 Å². The van der Waals surface area contributed by atoms with Crippen LogP contribution in [0.1, 0.15) is 33.1 Å². The van der Waals surface area contributed by atoms with Crippen LogP contribution in [0.15, 0.2) is 0 Å². The minimum absolute atomic E-state index is 0.0931. The number of nitrogens with zero attached hydrogens (tertiary/aromatic N) is 2. The Morgan fingerprint density at radius 3 is 2.58 bits per heavy atom. The Bertz CT molecular complexity index is 167. The Morgan fingerprint density at radius 1 is 1.58 bits per heavy atom. The van der Waals surface area contributed by atoms with Crippen LogP contribution in [0.5, 0.6) is 0 Å². The molecule has 0 N–H and O–H groups in total. The normalized spacial score (nSPS) is 20.2. The van der Waals surface area contributed by atoms with E-state index in [-0.39, 0.29) is 6.04 Å². The maximum atomic E-state index is 8.75. The number of hydrogen-bond donors (Lipinski definition) is 0. The quantitative estimate of drug-likeness (QED) is 0.639. The van der Waals surface area contributed by atoms with Crippen LogP contribution < -0.4 is 0 Å². The Kier molecular flexibility index (Phi) is 3.55. The molecule has 0 spiro atoms. The Hall–Kier alpha value is -0.550. The molecular weight excluding hydrogens is 148 g/mol. The van der Waals surface area contributed by atoms with Gasteiger partial charge >= 0.3 is 0 Å². The van der Waals surface area contributed by atoms with E-state index < -0.39 is 0 Å².